The van der Waals surface area contributed by atoms with Crippen LogP contribution in [0.25, 0.3) is 0 Å². The molecular weight excluding hydrogens is 500 g/mol. The molecule has 190 valence electrons. The lowest BCUT2D eigenvalue weighted by molar-refractivity contribution is -0.384. The van der Waals surface area contributed by atoms with Crippen LogP contribution in [0.4, 0.5) is 17.1 Å². The fourth-order valence-corrected chi connectivity index (χ4v) is 4.94. The number of hydrogen-bond donors (Lipinski definition) is 2. The molecule has 13 heteroatoms. The number of carbonyl (C=O) groups excluding carboxylic acids is 1. The second-order valence-corrected chi connectivity index (χ2v) is 10.5. The number of hydrogen-bond acceptors (Lipinski definition) is 8. The average molecular weight is 527 g/mol. The number of halogens is 1. The van der Waals surface area contributed by atoms with E-state index in [2.05, 4.69) is 10.6 Å². The number of nitro groups is 1. The lowest BCUT2D eigenvalue weighted by atomic mass is 10.2. The minimum atomic E-state index is -3.78. The molecule has 1 fully saturated rings. The number of morpholine rings is 1. The average Bonchev–Trinajstić information content (AvgIpc) is 2.81. The van der Waals surface area contributed by atoms with Crippen LogP contribution in [0.5, 0.6) is 5.75 Å². The summed E-state index contributed by atoms with van der Waals surface area (Å²) < 4.78 is 38.6. The van der Waals surface area contributed by atoms with Gasteiger partial charge >= 0.3 is 0 Å². The zero-order chi connectivity index (χ0) is 25.8. The highest BCUT2D eigenvalue weighted by Gasteiger charge is 2.28. The summed E-state index contributed by atoms with van der Waals surface area (Å²) in [5.41, 5.74) is 0.168. The van der Waals surface area contributed by atoms with Crippen molar-refractivity contribution in [1.29, 1.82) is 0 Å². The molecule has 0 bridgehead atoms. The molecular formula is C22H27ClN4O7S. The topological polar surface area (TPSA) is 140 Å². The van der Waals surface area contributed by atoms with Crippen molar-refractivity contribution >= 4 is 44.6 Å². The van der Waals surface area contributed by atoms with E-state index < -0.39 is 26.9 Å². The van der Waals surface area contributed by atoms with E-state index in [1.807, 2.05) is 13.8 Å². The first-order valence-corrected chi connectivity index (χ1v) is 12.7. The van der Waals surface area contributed by atoms with E-state index in [1.54, 1.807) is 6.92 Å². The number of sulfonamides is 1. The Morgan fingerprint density at radius 2 is 1.83 bits per heavy atom. The van der Waals surface area contributed by atoms with Gasteiger partial charge in [0, 0.05) is 25.2 Å². The summed E-state index contributed by atoms with van der Waals surface area (Å²) in [5, 5.41) is 16.7. The lowest BCUT2D eigenvalue weighted by Crippen LogP contribution is -2.40. The third-order valence-corrected chi connectivity index (χ3v) is 7.33. The summed E-state index contributed by atoms with van der Waals surface area (Å²) in [6, 6.07) is 7.26. The zero-order valence-electron chi connectivity index (χ0n) is 19.5. The number of anilines is 2. The molecule has 1 amide bonds. The molecule has 1 unspecified atom stereocenters. The van der Waals surface area contributed by atoms with E-state index >= 15 is 0 Å². The normalized spacial score (nSPS) is 15.5. The predicted octanol–water partition coefficient (Wildman–Crippen LogP) is 3.50. The second kappa shape index (κ2) is 11.2. The number of nitrogens with one attached hydrogen (secondary N) is 2. The summed E-state index contributed by atoms with van der Waals surface area (Å²) in [5.74, 6) is -0.168. The maximum absolute atomic E-state index is 13.1. The van der Waals surface area contributed by atoms with Gasteiger partial charge in [-0.15, -0.1) is 0 Å². The van der Waals surface area contributed by atoms with Gasteiger partial charge in [-0.2, -0.15) is 4.31 Å². The van der Waals surface area contributed by atoms with Gasteiger partial charge < -0.3 is 20.1 Å². The van der Waals surface area contributed by atoms with Crippen LogP contribution < -0.4 is 15.4 Å². The van der Waals surface area contributed by atoms with Crippen molar-refractivity contribution in [3.8, 4) is 5.75 Å². The van der Waals surface area contributed by atoms with Crippen molar-refractivity contribution in [3.05, 3.63) is 51.5 Å². The van der Waals surface area contributed by atoms with Gasteiger partial charge in [0.25, 0.3) is 5.69 Å². The molecule has 1 aliphatic heterocycles. The summed E-state index contributed by atoms with van der Waals surface area (Å²) in [6.45, 7) is 6.33. The van der Waals surface area contributed by atoms with Gasteiger partial charge in [-0.05, 0) is 45.0 Å². The van der Waals surface area contributed by atoms with Crippen molar-refractivity contribution in [3.63, 3.8) is 0 Å². The van der Waals surface area contributed by atoms with Gasteiger partial charge in [-0.1, -0.05) is 11.6 Å². The SMILES string of the molecule is CC(C)Oc1ccc(S(=O)(=O)N2CCOCC2)cc1NC(C)C(=O)Nc1cc([N+](=O)[O-])ccc1Cl. The Bertz CT molecular complexity index is 1200. The first-order chi connectivity index (χ1) is 16.5. The van der Waals surface area contributed by atoms with Crippen LogP contribution in [0.1, 0.15) is 20.8 Å². The second-order valence-electron chi connectivity index (χ2n) is 8.12. The van der Waals surface area contributed by atoms with Crippen LogP contribution in [0.2, 0.25) is 5.02 Å². The smallest absolute Gasteiger partial charge is 0.271 e. The van der Waals surface area contributed by atoms with Crippen LogP contribution in [0.15, 0.2) is 41.3 Å². The molecule has 1 saturated heterocycles. The van der Waals surface area contributed by atoms with E-state index in [9.17, 15) is 23.3 Å². The van der Waals surface area contributed by atoms with Gasteiger partial charge in [0.05, 0.1) is 45.5 Å². The first kappa shape index (κ1) is 26.7. The Morgan fingerprint density at radius 1 is 1.14 bits per heavy atom. The Balaban J connectivity index is 1.85. The number of nitrogens with zero attached hydrogens (tertiary/aromatic N) is 2. The van der Waals surface area contributed by atoms with E-state index in [0.717, 1.165) is 6.07 Å². The van der Waals surface area contributed by atoms with E-state index in [4.69, 9.17) is 21.1 Å². The maximum Gasteiger partial charge on any atom is 0.271 e. The molecule has 2 aromatic rings. The van der Waals surface area contributed by atoms with E-state index in [1.165, 1.54) is 34.6 Å². The van der Waals surface area contributed by atoms with Crippen molar-refractivity contribution in [2.75, 3.05) is 36.9 Å². The largest absolute Gasteiger partial charge is 0.489 e. The van der Waals surface area contributed by atoms with E-state index in [0.29, 0.717) is 24.7 Å². The fourth-order valence-electron chi connectivity index (χ4n) is 3.34. The Labute approximate surface area is 208 Å². The third kappa shape index (κ3) is 6.60. The van der Waals surface area contributed by atoms with Crippen LogP contribution in [0, 0.1) is 10.1 Å². The number of carbonyl (C=O) groups is 1. The number of benzene rings is 2. The lowest BCUT2D eigenvalue weighted by Gasteiger charge is -2.27. The summed E-state index contributed by atoms with van der Waals surface area (Å²) in [7, 11) is -3.78. The van der Waals surface area contributed by atoms with Crippen LogP contribution >= 0.6 is 11.6 Å². The molecule has 0 radical (unpaired) electrons. The number of amides is 1. The molecule has 0 aromatic heterocycles. The number of nitro benzene ring substituents is 1. The van der Waals surface area contributed by atoms with Crippen LogP contribution in [0.3, 0.4) is 0 Å². The molecule has 1 aliphatic rings. The van der Waals surface area contributed by atoms with Crippen molar-refractivity contribution in [2.24, 2.45) is 0 Å². The molecule has 2 aromatic carbocycles. The zero-order valence-corrected chi connectivity index (χ0v) is 21.1. The Kier molecular flexibility index (Phi) is 8.54. The summed E-state index contributed by atoms with van der Waals surface area (Å²) in [4.78, 5) is 23.3. The van der Waals surface area contributed by atoms with Crippen molar-refractivity contribution in [1.82, 2.24) is 4.31 Å². The number of ether oxygens (including phenoxy) is 2. The third-order valence-electron chi connectivity index (χ3n) is 5.11. The molecule has 35 heavy (non-hydrogen) atoms. The maximum atomic E-state index is 13.1. The minimum absolute atomic E-state index is 0.0485. The van der Waals surface area contributed by atoms with Gasteiger partial charge in [-0.3, -0.25) is 14.9 Å². The quantitative estimate of drug-likeness (QED) is 0.373. The molecule has 0 spiro atoms. The van der Waals surface area contributed by atoms with Gasteiger partial charge in [0.2, 0.25) is 15.9 Å². The van der Waals surface area contributed by atoms with Crippen molar-refractivity contribution in [2.45, 2.75) is 37.8 Å². The molecule has 11 nitrogen and oxygen atoms in total. The number of rotatable bonds is 9. The monoisotopic (exact) mass is 526 g/mol. The fraction of sp³-hybridized carbons (Fsp3) is 0.409. The van der Waals surface area contributed by atoms with Crippen molar-refractivity contribution < 1.29 is 27.6 Å². The van der Waals surface area contributed by atoms with Gasteiger partial charge in [-0.25, -0.2) is 8.42 Å². The summed E-state index contributed by atoms with van der Waals surface area (Å²) >= 11 is 6.08. The molecule has 2 N–H and O–H groups in total. The van der Waals surface area contributed by atoms with Crippen LogP contribution in [-0.2, 0) is 19.6 Å². The highest BCUT2D eigenvalue weighted by atomic mass is 35.5. The Hall–Kier alpha value is -2.93. The highest BCUT2D eigenvalue weighted by Crippen LogP contribution is 2.31. The molecule has 3 rings (SSSR count). The predicted molar refractivity (Wildman–Crippen MR) is 132 cm³/mol. The molecule has 0 saturated carbocycles. The molecule has 1 heterocycles. The minimum Gasteiger partial charge on any atom is -0.489 e. The summed E-state index contributed by atoms with van der Waals surface area (Å²) in [6.07, 6.45) is -0.204. The standard InChI is InChI=1S/C22H27ClN4O7S/c1-14(2)34-21-7-5-17(35(31,32)26-8-10-33-11-9-26)13-20(21)24-15(3)22(28)25-19-12-16(27(29)30)4-6-18(19)23/h4-7,12-15,24H,8-11H2,1-3H3,(H,25,28). The van der Waals surface area contributed by atoms with Gasteiger partial charge in [0.1, 0.15) is 11.8 Å². The first-order valence-electron chi connectivity index (χ1n) is 10.9. The number of non-ortho nitro benzene ring substituents is 1. The van der Waals surface area contributed by atoms with Crippen LogP contribution in [-0.4, -0.2) is 62.0 Å². The van der Waals surface area contributed by atoms with E-state index in [-0.39, 0.29) is 40.5 Å². The highest BCUT2D eigenvalue weighted by molar-refractivity contribution is 7.89. The molecule has 0 aliphatic carbocycles. The van der Waals surface area contributed by atoms with Gasteiger partial charge in [0.15, 0.2) is 0 Å². The molecule has 1 atom stereocenters. The Morgan fingerprint density at radius 3 is 2.46 bits per heavy atom.